The fraction of sp³-hybridized carbons (Fsp3) is 0.238. The van der Waals surface area contributed by atoms with E-state index in [-0.39, 0.29) is 23.1 Å². The highest BCUT2D eigenvalue weighted by Crippen LogP contribution is 2.55. The lowest BCUT2D eigenvalue weighted by Gasteiger charge is -2.41. The Bertz CT molecular complexity index is 998. The van der Waals surface area contributed by atoms with Crippen LogP contribution < -0.4 is 17.3 Å². The van der Waals surface area contributed by atoms with Gasteiger partial charge in [-0.05, 0) is 32.9 Å². The molecule has 0 saturated carbocycles. The molecule has 0 spiro atoms. The molecule has 0 fully saturated rings. The predicted octanol–water partition coefficient (Wildman–Crippen LogP) is 3.69. The second-order valence-corrected chi connectivity index (χ2v) is 10.4. The van der Waals surface area contributed by atoms with Gasteiger partial charge in [0.25, 0.3) is 4.21 Å². The van der Waals surface area contributed by atoms with Crippen molar-refractivity contribution in [3.05, 3.63) is 64.5 Å². The molecule has 1 aliphatic heterocycles. The van der Waals surface area contributed by atoms with E-state index in [2.05, 4.69) is 50.9 Å². The number of nitrogens with zero attached hydrogens (tertiary/aromatic N) is 1. The monoisotopic (exact) mass is 433 g/mol. The number of thioether (sulfide) groups is 1. The zero-order valence-corrected chi connectivity index (χ0v) is 18.8. The largest absolute Gasteiger partial charge is 1.00 e. The molecule has 0 radical (unpaired) electrons. The molecule has 6 heteroatoms. The summed E-state index contributed by atoms with van der Waals surface area (Å²) in [5.41, 5.74) is 5.62. The molecule has 0 unspecified atom stereocenters. The number of fused-ring (bicyclic) bond motifs is 3. The number of anilines is 1. The molecule has 1 aromatic heterocycles. The molecule has 0 bridgehead atoms. The van der Waals surface area contributed by atoms with Crippen molar-refractivity contribution >= 4 is 43.2 Å². The first-order chi connectivity index (χ1) is 12.4. The minimum Gasteiger partial charge on any atom is -1.00 e. The molecule has 140 valence electrons. The second kappa shape index (κ2) is 7.55. The Kier molecular flexibility index (Phi) is 5.69. The van der Waals surface area contributed by atoms with Crippen LogP contribution in [0.2, 0.25) is 0 Å². The summed E-state index contributed by atoms with van der Waals surface area (Å²) in [6.07, 6.45) is 0. The molecule has 0 amide bonds. The molecule has 2 heterocycles. The van der Waals surface area contributed by atoms with E-state index in [0.29, 0.717) is 0 Å². The van der Waals surface area contributed by atoms with Crippen LogP contribution in [0.15, 0.2) is 52.7 Å². The average Bonchev–Trinajstić information content (AvgIpc) is 3.05. The molecule has 0 aliphatic carbocycles. The predicted molar refractivity (Wildman–Crippen MR) is 115 cm³/mol. The Morgan fingerprint density at radius 3 is 2.56 bits per heavy atom. The van der Waals surface area contributed by atoms with Gasteiger partial charge in [-0.15, -0.1) is 0 Å². The molecule has 2 aromatic carbocycles. The van der Waals surface area contributed by atoms with Gasteiger partial charge in [-0.1, -0.05) is 42.0 Å². The number of carbonyl (C=O) groups excluding carboxylic acids is 1. The normalized spacial score (nSPS) is 14.1. The third-order valence-corrected chi connectivity index (χ3v) is 9.19. The van der Waals surface area contributed by atoms with E-state index in [9.17, 15) is 4.79 Å². The summed E-state index contributed by atoms with van der Waals surface area (Å²) in [6.45, 7) is 6.63. The number of benzene rings is 2. The summed E-state index contributed by atoms with van der Waals surface area (Å²) in [4.78, 5) is 16.5. The van der Waals surface area contributed by atoms with Crippen LogP contribution in [0.1, 0.15) is 34.6 Å². The van der Waals surface area contributed by atoms with E-state index in [1.807, 2.05) is 30.3 Å². The molecular formula is C21H20ClNOS3. The number of hydrogen-bond donors (Lipinski definition) is 0. The van der Waals surface area contributed by atoms with Crippen molar-refractivity contribution in [2.45, 2.75) is 30.5 Å². The summed E-state index contributed by atoms with van der Waals surface area (Å²) in [5, 5.41) is 0.105. The van der Waals surface area contributed by atoms with Crippen LogP contribution >= 0.6 is 32.4 Å². The number of hydrogen-bond acceptors (Lipinski definition) is 4. The molecule has 0 saturated heterocycles. The lowest BCUT2D eigenvalue weighted by Crippen LogP contribution is -3.00. The van der Waals surface area contributed by atoms with Gasteiger partial charge in [-0.2, -0.15) is 0 Å². The highest BCUT2D eigenvalue weighted by atomic mass is 35.5. The first-order valence-electron chi connectivity index (χ1n) is 8.48. The van der Waals surface area contributed by atoms with Crippen molar-refractivity contribution in [2.24, 2.45) is 0 Å². The van der Waals surface area contributed by atoms with Crippen LogP contribution in [-0.2, 0) is 5.54 Å². The molecule has 2 nitrogen and oxygen atoms in total. The van der Waals surface area contributed by atoms with E-state index in [4.69, 9.17) is 0 Å². The van der Waals surface area contributed by atoms with Crippen molar-refractivity contribution in [3.8, 4) is 11.1 Å². The van der Waals surface area contributed by atoms with Crippen LogP contribution in [0.4, 0.5) is 5.69 Å². The standard InChI is InChI=1S/C21H20NOS3.ClH/c1-13-10-11-16-15(12-13)17-18(21(2,3)22(16)4)25-26-20(17)24-19(23)14-8-6-5-7-9-14;/h5-12H,1-4H3;1H/q+1;/p-1. The van der Waals surface area contributed by atoms with Crippen molar-refractivity contribution in [2.75, 3.05) is 11.9 Å². The second-order valence-electron chi connectivity index (χ2n) is 7.05. The van der Waals surface area contributed by atoms with E-state index in [1.54, 1.807) is 20.7 Å². The highest BCUT2D eigenvalue weighted by molar-refractivity contribution is 8.16. The first-order valence-corrected chi connectivity index (χ1v) is 11.4. The quantitative estimate of drug-likeness (QED) is 0.349. The van der Waals surface area contributed by atoms with Gasteiger partial charge in [0, 0.05) is 35.6 Å². The van der Waals surface area contributed by atoms with Gasteiger partial charge in [0.15, 0.2) is 10.3 Å². The third-order valence-electron chi connectivity index (χ3n) is 5.00. The SMILES string of the molecule is Cc1ccc2c(c1)-c1c(s[s+]c1SC(=O)c1ccccc1)C(C)(C)N2C.[Cl-]. The molecule has 1 aliphatic rings. The first kappa shape index (κ1) is 20.3. The Morgan fingerprint density at radius 2 is 1.85 bits per heavy atom. The number of aryl methyl sites for hydroxylation is 1. The molecule has 4 rings (SSSR count). The van der Waals surface area contributed by atoms with Crippen LogP contribution in [0.3, 0.4) is 0 Å². The smallest absolute Gasteiger partial charge is 0.309 e. The van der Waals surface area contributed by atoms with Gasteiger partial charge >= 0.3 is 10.3 Å². The van der Waals surface area contributed by atoms with Crippen molar-refractivity contribution < 1.29 is 17.2 Å². The van der Waals surface area contributed by atoms with Gasteiger partial charge in [-0.25, -0.2) is 0 Å². The van der Waals surface area contributed by atoms with E-state index in [0.717, 1.165) is 9.77 Å². The molecule has 0 N–H and O–H groups in total. The molecular weight excluding hydrogens is 414 g/mol. The zero-order valence-electron chi connectivity index (χ0n) is 15.6. The topological polar surface area (TPSA) is 20.3 Å². The Morgan fingerprint density at radius 1 is 1.15 bits per heavy atom. The summed E-state index contributed by atoms with van der Waals surface area (Å²) in [7, 11) is 5.67. The summed E-state index contributed by atoms with van der Waals surface area (Å²) in [6, 6.07) is 16.1. The van der Waals surface area contributed by atoms with Crippen molar-refractivity contribution in [1.82, 2.24) is 0 Å². The maximum absolute atomic E-state index is 12.8. The number of rotatable bonds is 2. The van der Waals surface area contributed by atoms with Gasteiger partial charge in [0.1, 0.15) is 4.88 Å². The molecule has 0 atom stereocenters. The number of carbonyl (C=O) groups is 1. The zero-order chi connectivity index (χ0) is 18.5. The van der Waals surface area contributed by atoms with Gasteiger partial charge in [-0.3, -0.25) is 4.79 Å². The van der Waals surface area contributed by atoms with Crippen molar-refractivity contribution in [1.29, 1.82) is 0 Å². The minimum atomic E-state index is -0.0899. The maximum atomic E-state index is 12.8. The molecule has 3 aromatic rings. The van der Waals surface area contributed by atoms with Gasteiger partial charge in [0.05, 0.1) is 11.1 Å². The Hall–Kier alpha value is -1.40. The van der Waals surface area contributed by atoms with Crippen molar-refractivity contribution in [3.63, 3.8) is 0 Å². The fourth-order valence-electron chi connectivity index (χ4n) is 3.28. The maximum Gasteiger partial charge on any atom is 0.309 e. The Balaban J connectivity index is 0.00000210. The summed E-state index contributed by atoms with van der Waals surface area (Å²) >= 11 is 1.36. The van der Waals surface area contributed by atoms with Gasteiger partial charge < -0.3 is 17.3 Å². The van der Waals surface area contributed by atoms with Crippen LogP contribution in [-0.4, -0.2) is 12.2 Å². The highest BCUT2D eigenvalue weighted by Gasteiger charge is 2.43. The Labute approximate surface area is 178 Å². The lowest BCUT2D eigenvalue weighted by atomic mass is 9.87. The number of halogens is 1. The fourth-order valence-corrected chi connectivity index (χ4v) is 7.80. The van der Waals surface area contributed by atoms with Gasteiger partial charge in [0.2, 0.25) is 5.12 Å². The van der Waals surface area contributed by atoms with Crippen LogP contribution in [0.5, 0.6) is 0 Å². The average molecular weight is 434 g/mol. The minimum absolute atomic E-state index is 0. The van der Waals surface area contributed by atoms with E-state index in [1.165, 1.54) is 39.0 Å². The summed E-state index contributed by atoms with van der Waals surface area (Å²) < 4.78 is 1.10. The van der Waals surface area contributed by atoms with E-state index < -0.39 is 0 Å². The van der Waals surface area contributed by atoms with Crippen LogP contribution in [0.25, 0.3) is 11.1 Å². The third kappa shape index (κ3) is 3.42. The van der Waals surface area contributed by atoms with E-state index >= 15 is 0 Å². The summed E-state index contributed by atoms with van der Waals surface area (Å²) in [5.74, 6) is 0. The molecule has 27 heavy (non-hydrogen) atoms. The van der Waals surface area contributed by atoms with Crippen LogP contribution in [0, 0.1) is 6.92 Å². The lowest BCUT2D eigenvalue weighted by molar-refractivity contribution is -0.0000120.